The number of hydrogen-bond acceptors (Lipinski definition) is 2. The lowest BCUT2D eigenvalue weighted by molar-refractivity contribution is 0.0974. The van der Waals surface area contributed by atoms with Crippen LogP contribution in [-0.4, -0.2) is 36.6 Å². The second-order valence-electron chi connectivity index (χ2n) is 4.82. The molecule has 2 heteroatoms. The van der Waals surface area contributed by atoms with E-state index < -0.39 is 0 Å². The minimum absolute atomic E-state index is 0.719. The summed E-state index contributed by atoms with van der Waals surface area (Å²) in [5.41, 5.74) is 0. The Morgan fingerprint density at radius 3 is 2.57 bits per heavy atom. The van der Waals surface area contributed by atoms with Gasteiger partial charge in [0.1, 0.15) is 0 Å². The van der Waals surface area contributed by atoms with Gasteiger partial charge in [-0.25, -0.2) is 0 Å². The van der Waals surface area contributed by atoms with Crippen LogP contribution in [0.1, 0.15) is 40.5 Å². The summed E-state index contributed by atoms with van der Waals surface area (Å²) in [6, 6.07) is 1.47. The Balaban J connectivity index is 2.51. The van der Waals surface area contributed by atoms with Gasteiger partial charge in [0.25, 0.3) is 0 Å². The van der Waals surface area contributed by atoms with Crippen molar-refractivity contribution >= 4 is 0 Å². The fourth-order valence-electron chi connectivity index (χ4n) is 2.37. The third-order valence-electron chi connectivity index (χ3n) is 3.31. The number of nitrogens with one attached hydrogen (secondary N) is 1. The normalized spacial score (nSPS) is 29.8. The topological polar surface area (TPSA) is 15.3 Å². The van der Waals surface area contributed by atoms with Crippen LogP contribution in [0.15, 0.2) is 0 Å². The van der Waals surface area contributed by atoms with Gasteiger partial charge >= 0.3 is 0 Å². The lowest BCUT2D eigenvalue weighted by atomic mass is 9.97. The summed E-state index contributed by atoms with van der Waals surface area (Å²) in [7, 11) is 0. The molecule has 84 valence electrons. The van der Waals surface area contributed by atoms with Gasteiger partial charge in [-0.15, -0.1) is 0 Å². The van der Waals surface area contributed by atoms with Crippen LogP contribution < -0.4 is 5.32 Å². The van der Waals surface area contributed by atoms with Crippen LogP contribution in [0.2, 0.25) is 0 Å². The molecule has 2 unspecified atom stereocenters. The van der Waals surface area contributed by atoms with Gasteiger partial charge in [0, 0.05) is 25.2 Å². The van der Waals surface area contributed by atoms with E-state index in [2.05, 4.69) is 37.9 Å². The molecule has 2 atom stereocenters. The highest BCUT2D eigenvalue weighted by molar-refractivity contribution is 4.86. The first-order valence-corrected chi connectivity index (χ1v) is 6.16. The van der Waals surface area contributed by atoms with E-state index in [4.69, 9.17) is 0 Å². The van der Waals surface area contributed by atoms with E-state index in [-0.39, 0.29) is 0 Å². The molecule has 1 heterocycles. The van der Waals surface area contributed by atoms with Crippen molar-refractivity contribution < 1.29 is 0 Å². The van der Waals surface area contributed by atoms with Crippen LogP contribution in [0, 0.1) is 5.92 Å². The summed E-state index contributed by atoms with van der Waals surface area (Å²) >= 11 is 0. The fraction of sp³-hybridized carbons (Fsp3) is 1.00. The minimum atomic E-state index is 0.719. The van der Waals surface area contributed by atoms with E-state index >= 15 is 0 Å². The molecule has 14 heavy (non-hydrogen) atoms. The first-order chi connectivity index (χ1) is 6.69. The van der Waals surface area contributed by atoms with E-state index in [1.807, 2.05) is 0 Å². The van der Waals surface area contributed by atoms with Crippen molar-refractivity contribution in [3.63, 3.8) is 0 Å². The van der Waals surface area contributed by atoms with E-state index in [0.29, 0.717) is 0 Å². The Labute approximate surface area is 89.1 Å². The second-order valence-corrected chi connectivity index (χ2v) is 4.82. The molecule has 0 aliphatic carbocycles. The Morgan fingerprint density at radius 1 is 1.36 bits per heavy atom. The Kier molecular flexibility index (Phi) is 4.90. The van der Waals surface area contributed by atoms with Crippen molar-refractivity contribution in [2.75, 3.05) is 19.6 Å². The van der Waals surface area contributed by atoms with Gasteiger partial charge in [-0.3, -0.25) is 4.90 Å². The average Bonchev–Trinajstić information content (AvgIpc) is 2.17. The van der Waals surface area contributed by atoms with Crippen molar-refractivity contribution in [2.24, 2.45) is 5.92 Å². The molecule has 0 spiro atoms. The molecular formula is C12H26N2. The summed E-state index contributed by atoms with van der Waals surface area (Å²) in [5, 5.41) is 3.65. The molecule has 0 aromatic rings. The van der Waals surface area contributed by atoms with Crippen LogP contribution in [0.3, 0.4) is 0 Å². The molecule has 2 nitrogen and oxygen atoms in total. The molecule has 0 bridgehead atoms. The molecule has 0 saturated carbocycles. The summed E-state index contributed by atoms with van der Waals surface area (Å²) < 4.78 is 0. The smallest absolute Gasteiger partial charge is 0.0244 e. The van der Waals surface area contributed by atoms with Gasteiger partial charge < -0.3 is 5.32 Å². The van der Waals surface area contributed by atoms with Crippen molar-refractivity contribution in [1.82, 2.24) is 10.2 Å². The van der Waals surface area contributed by atoms with E-state index in [1.54, 1.807) is 0 Å². The van der Waals surface area contributed by atoms with E-state index in [1.165, 1.54) is 32.5 Å². The molecule has 1 N–H and O–H groups in total. The molecule has 1 aliphatic heterocycles. The maximum absolute atomic E-state index is 3.65. The van der Waals surface area contributed by atoms with Crippen LogP contribution in [0.4, 0.5) is 0 Å². The molecular weight excluding hydrogens is 172 g/mol. The first-order valence-electron chi connectivity index (χ1n) is 6.16. The standard InChI is InChI=1S/C12H26N2/c1-5-7-14-9-11(6-2)13-8-12(14)10(3)4/h10-13H,5-9H2,1-4H3. The number of rotatable bonds is 4. The van der Waals surface area contributed by atoms with Crippen molar-refractivity contribution in [2.45, 2.75) is 52.6 Å². The quantitative estimate of drug-likeness (QED) is 0.744. The zero-order valence-electron chi connectivity index (χ0n) is 10.2. The molecule has 0 radical (unpaired) electrons. The Morgan fingerprint density at radius 2 is 2.07 bits per heavy atom. The zero-order valence-corrected chi connectivity index (χ0v) is 10.2. The average molecular weight is 198 g/mol. The summed E-state index contributed by atoms with van der Waals surface area (Å²) in [6.45, 7) is 12.9. The minimum Gasteiger partial charge on any atom is -0.311 e. The molecule has 0 aromatic heterocycles. The maximum atomic E-state index is 3.65. The highest BCUT2D eigenvalue weighted by Crippen LogP contribution is 2.16. The van der Waals surface area contributed by atoms with Gasteiger partial charge in [-0.1, -0.05) is 27.7 Å². The highest BCUT2D eigenvalue weighted by atomic mass is 15.2. The van der Waals surface area contributed by atoms with Crippen LogP contribution >= 0.6 is 0 Å². The molecule has 1 aliphatic rings. The number of nitrogens with zero attached hydrogens (tertiary/aromatic N) is 1. The van der Waals surface area contributed by atoms with Crippen LogP contribution in [-0.2, 0) is 0 Å². The van der Waals surface area contributed by atoms with Crippen LogP contribution in [0.25, 0.3) is 0 Å². The molecule has 1 fully saturated rings. The molecule has 0 amide bonds. The third kappa shape index (κ3) is 2.96. The predicted octanol–water partition coefficient (Wildman–Crippen LogP) is 2.10. The monoisotopic (exact) mass is 198 g/mol. The highest BCUT2D eigenvalue weighted by Gasteiger charge is 2.27. The van der Waals surface area contributed by atoms with Gasteiger partial charge in [-0.2, -0.15) is 0 Å². The van der Waals surface area contributed by atoms with E-state index in [0.717, 1.165) is 18.0 Å². The van der Waals surface area contributed by atoms with Crippen molar-refractivity contribution in [1.29, 1.82) is 0 Å². The first kappa shape index (κ1) is 12.0. The molecule has 1 saturated heterocycles. The Hall–Kier alpha value is -0.0800. The Bertz CT molecular complexity index is 156. The SMILES string of the molecule is CCCN1CC(CC)NCC1C(C)C. The van der Waals surface area contributed by atoms with Crippen LogP contribution in [0.5, 0.6) is 0 Å². The largest absolute Gasteiger partial charge is 0.311 e. The summed E-state index contributed by atoms with van der Waals surface area (Å²) in [5.74, 6) is 0.770. The fourth-order valence-corrected chi connectivity index (χ4v) is 2.37. The van der Waals surface area contributed by atoms with Gasteiger partial charge in [0.15, 0.2) is 0 Å². The zero-order chi connectivity index (χ0) is 10.6. The van der Waals surface area contributed by atoms with Crippen molar-refractivity contribution in [3.8, 4) is 0 Å². The van der Waals surface area contributed by atoms with E-state index in [9.17, 15) is 0 Å². The number of piperazine rings is 1. The van der Waals surface area contributed by atoms with Gasteiger partial charge in [0.05, 0.1) is 0 Å². The lowest BCUT2D eigenvalue weighted by Crippen LogP contribution is -2.58. The predicted molar refractivity (Wildman–Crippen MR) is 62.6 cm³/mol. The summed E-state index contributed by atoms with van der Waals surface area (Å²) in [6.07, 6.45) is 2.53. The summed E-state index contributed by atoms with van der Waals surface area (Å²) in [4.78, 5) is 2.68. The van der Waals surface area contributed by atoms with Crippen molar-refractivity contribution in [3.05, 3.63) is 0 Å². The lowest BCUT2D eigenvalue weighted by Gasteiger charge is -2.42. The maximum Gasteiger partial charge on any atom is 0.0244 e. The number of hydrogen-bond donors (Lipinski definition) is 1. The second kappa shape index (κ2) is 5.72. The molecule has 0 aromatic carbocycles. The van der Waals surface area contributed by atoms with Gasteiger partial charge in [0.2, 0.25) is 0 Å². The molecule has 1 rings (SSSR count). The third-order valence-corrected chi connectivity index (χ3v) is 3.31. The van der Waals surface area contributed by atoms with Gasteiger partial charge in [-0.05, 0) is 25.3 Å².